The normalized spacial score (nSPS) is 17.7. The van der Waals surface area contributed by atoms with Gasteiger partial charge in [-0.3, -0.25) is 0 Å². The first kappa shape index (κ1) is 32.7. The maximum atomic E-state index is 14.3. The lowest BCUT2D eigenvalue weighted by molar-refractivity contribution is -0.225. The Morgan fingerprint density at radius 3 is 2.14 bits per heavy atom. The van der Waals surface area contributed by atoms with Crippen LogP contribution < -0.4 is 5.49 Å². The highest BCUT2D eigenvalue weighted by molar-refractivity contribution is 5.44. The minimum absolute atomic E-state index is 0.00813. The average Bonchev–Trinajstić information content (AvgIpc) is 2.72. The van der Waals surface area contributed by atoms with Gasteiger partial charge in [-0.1, -0.05) is 52.8 Å². The summed E-state index contributed by atoms with van der Waals surface area (Å²) in [5.41, 5.74) is -3.87. The highest BCUT2D eigenvalue weighted by Gasteiger charge is 2.51. The molecule has 37 heavy (non-hydrogen) atoms. The number of hydrogen-bond acceptors (Lipinski definition) is 1. The Kier molecular flexibility index (Phi) is 11.0. The summed E-state index contributed by atoms with van der Waals surface area (Å²) < 4.78 is 96.8. The summed E-state index contributed by atoms with van der Waals surface area (Å²) in [6, 6.07) is 3.46. The number of nitrogens with zero attached hydrogens (tertiary/aromatic N) is 2. The topological polar surface area (TPSA) is 17.3 Å². The molecule has 0 N–H and O–H groups in total. The maximum absolute atomic E-state index is 14.3. The fraction of sp³-hybridized carbons (Fsp3) is 0.607. The summed E-state index contributed by atoms with van der Waals surface area (Å²) in [5.74, 6) is 0.261. The Bertz CT molecular complexity index is 1060. The first-order chi connectivity index (χ1) is 16.7. The SMILES string of the molecule is CC/C=C/C(C(/C)=C/CCC(C)(F)C(F)(F)F)=C(\N=c1\cc(CC(C)C(C)(C)C)ccn1C)C(F)(F)F. The molecule has 0 saturated carbocycles. The van der Waals surface area contributed by atoms with Gasteiger partial charge in [0.15, 0.2) is 5.70 Å². The van der Waals surface area contributed by atoms with E-state index in [0.29, 0.717) is 19.8 Å². The smallest absolute Gasteiger partial charge is 0.336 e. The molecule has 0 saturated heterocycles. The first-order valence-corrected chi connectivity index (χ1v) is 12.3. The molecule has 2 atom stereocenters. The van der Waals surface area contributed by atoms with Crippen molar-refractivity contribution < 1.29 is 30.7 Å². The molecule has 1 heterocycles. The summed E-state index contributed by atoms with van der Waals surface area (Å²) in [7, 11) is 1.59. The van der Waals surface area contributed by atoms with Crippen LogP contribution in [0.15, 0.2) is 58.4 Å². The molecule has 0 spiro atoms. The molecule has 0 fully saturated rings. The summed E-state index contributed by atoms with van der Waals surface area (Å²) in [5, 5.41) is 0. The van der Waals surface area contributed by atoms with Crippen LogP contribution in [-0.2, 0) is 13.5 Å². The monoisotopic (exact) mass is 536 g/mol. The van der Waals surface area contributed by atoms with Crippen molar-refractivity contribution in [1.82, 2.24) is 4.57 Å². The van der Waals surface area contributed by atoms with Crippen LogP contribution in [0.1, 0.15) is 73.3 Å². The summed E-state index contributed by atoms with van der Waals surface area (Å²) in [6.07, 6.45) is -4.47. The fourth-order valence-corrected chi connectivity index (χ4v) is 3.33. The molecule has 0 radical (unpaired) electrons. The number of halogens is 7. The molecule has 0 aromatic carbocycles. The van der Waals surface area contributed by atoms with Gasteiger partial charge in [0.1, 0.15) is 5.49 Å². The highest BCUT2D eigenvalue weighted by Crippen LogP contribution is 2.38. The molecule has 0 aliphatic rings. The first-order valence-electron chi connectivity index (χ1n) is 12.3. The van der Waals surface area contributed by atoms with Crippen molar-refractivity contribution in [2.24, 2.45) is 23.4 Å². The van der Waals surface area contributed by atoms with Gasteiger partial charge < -0.3 is 4.57 Å². The van der Waals surface area contributed by atoms with E-state index in [0.717, 1.165) is 5.56 Å². The molecular formula is C28H39F7N2. The number of pyridine rings is 1. The molecule has 2 unspecified atom stereocenters. The Morgan fingerprint density at radius 1 is 1.05 bits per heavy atom. The molecular weight excluding hydrogens is 497 g/mol. The van der Waals surface area contributed by atoms with Crippen LogP contribution in [0.2, 0.25) is 0 Å². The quantitative estimate of drug-likeness (QED) is 0.221. The van der Waals surface area contributed by atoms with Crippen LogP contribution in [0.25, 0.3) is 0 Å². The van der Waals surface area contributed by atoms with Crippen LogP contribution >= 0.6 is 0 Å². The Hall–Kier alpha value is -2.32. The summed E-state index contributed by atoms with van der Waals surface area (Å²) >= 11 is 0. The van der Waals surface area contributed by atoms with Crippen molar-refractivity contribution in [3.63, 3.8) is 0 Å². The summed E-state index contributed by atoms with van der Waals surface area (Å²) in [6.45, 7) is 11.9. The fourth-order valence-electron chi connectivity index (χ4n) is 3.33. The number of aryl methyl sites for hydroxylation is 1. The second-order valence-electron chi connectivity index (χ2n) is 10.8. The van der Waals surface area contributed by atoms with Crippen LogP contribution in [-0.4, -0.2) is 22.6 Å². The van der Waals surface area contributed by atoms with Crippen LogP contribution in [0.4, 0.5) is 30.7 Å². The van der Waals surface area contributed by atoms with E-state index >= 15 is 0 Å². The third-order valence-electron chi connectivity index (χ3n) is 6.56. The number of hydrogen-bond donors (Lipinski definition) is 0. The van der Waals surface area contributed by atoms with E-state index in [9.17, 15) is 30.7 Å². The van der Waals surface area contributed by atoms with Crippen molar-refractivity contribution in [1.29, 1.82) is 0 Å². The minimum atomic E-state index is -5.06. The zero-order valence-corrected chi connectivity index (χ0v) is 22.9. The van der Waals surface area contributed by atoms with Crippen molar-refractivity contribution in [3.8, 4) is 0 Å². The van der Waals surface area contributed by atoms with Gasteiger partial charge in [-0.2, -0.15) is 26.3 Å². The lowest BCUT2D eigenvalue weighted by atomic mass is 9.79. The molecule has 2 nitrogen and oxygen atoms in total. The molecule has 0 aliphatic heterocycles. The highest BCUT2D eigenvalue weighted by atomic mass is 19.4. The van der Waals surface area contributed by atoms with Crippen LogP contribution in [0, 0.1) is 11.3 Å². The van der Waals surface area contributed by atoms with Gasteiger partial charge in [0.05, 0.1) is 0 Å². The van der Waals surface area contributed by atoms with Gasteiger partial charge in [0.25, 0.3) is 0 Å². The summed E-state index contributed by atoms with van der Waals surface area (Å²) in [4.78, 5) is 4.00. The molecule has 1 aromatic heterocycles. The second kappa shape index (κ2) is 12.5. The van der Waals surface area contributed by atoms with Gasteiger partial charge in [0.2, 0.25) is 5.67 Å². The van der Waals surface area contributed by atoms with Crippen molar-refractivity contribution in [2.45, 2.75) is 92.2 Å². The number of rotatable bonds is 9. The zero-order valence-electron chi connectivity index (χ0n) is 22.9. The third kappa shape index (κ3) is 9.82. The Morgan fingerprint density at radius 2 is 1.65 bits per heavy atom. The number of allylic oxidation sites excluding steroid dienone is 6. The molecule has 210 valence electrons. The molecule has 1 rings (SSSR count). The van der Waals surface area contributed by atoms with Gasteiger partial charge in [-0.15, -0.1) is 0 Å². The van der Waals surface area contributed by atoms with E-state index in [2.05, 4.69) is 32.7 Å². The van der Waals surface area contributed by atoms with Crippen molar-refractivity contribution in [3.05, 3.63) is 64.5 Å². The maximum Gasteiger partial charge on any atom is 0.434 e. The Balaban J connectivity index is 3.67. The second-order valence-corrected chi connectivity index (χ2v) is 10.8. The molecule has 0 amide bonds. The van der Waals surface area contributed by atoms with E-state index in [1.807, 2.05) is 6.07 Å². The van der Waals surface area contributed by atoms with E-state index in [1.54, 1.807) is 26.2 Å². The minimum Gasteiger partial charge on any atom is -0.336 e. The van der Waals surface area contributed by atoms with Gasteiger partial charge in [-0.25, -0.2) is 9.38 Å². The third-order valence-corrected chi connectivity index (χ3v) is 6.56. The van der Waals surface area contributed by atoms with E-state index in [-0.39, 0.29) is 34.4 Å². The average molecular weight is 537 g/mol. The van der Waals surface area contributed by atoms with Gasteiger partial charge in [0, 0.05) is 18.8 Å². The number of aromatic nitrogens is 1. The molecule has 9 heteroatoms. The van der Waals surface area contributed by atoms with Crippen LogP contribution in [0.5, 0.6) is 0 Å². The van der Waals surface area contributed by atoms with Gasteiger partial charge >= 0.3 is 12.4 Å². The molecule has 0 aliphatic carbocycles. The molecule has 0 bridgehead atoms. The predicted octanol–water partition coefficient (Wildman–Crippen LogP) is 8.95. The van der Waals surface area contributed by atoms with Crippen LogP contribution in [0.3, 0.4) is 0 Å². The lowest BCUT2D eigenvalue weighted by Gasteiger charge is -2.27. The van der Waals surface area contributed by atoms with E-state index in [4.69, 9.17) is 0 Å². The molecule has 1 aromatic rings. The van der Waals surface area contributed by atoms with E-state index in [1.165, 1.54) is 29.7 Å². The van der Waals surface area contributed by atoms with Crippen molar-refractivity contribution in [2.75, 3.05) is 0 Å². The lowest BCUT2D eigenvalue weighted by Crippen LogP contribution is -2.37. The standard InChI is InChI=1S/C28H39F7N2/c1-9-10-13-22(19(2)12-11-15-26(7,29)28(33,34)35)24(27(30,31)32)36-23-18-21(14-16-37(23)8)17-20(3)25(4,5)6/h10,12-14,16,18,20H,9,11,15,17H2,1-8H3/b13-10+,19-12+,24-22+,36-23-. The van der Waals surface area contributed by atoms with E-state index < -0.39 is 30.1 Å². The van der Waals surface area contributed by atoms with Crippen molar-refractivity contribution >= 4 is 0 Å². The Labute approximate surface area is 215 Å². The number of alkyl halides is 7. The predicted molar refractivity (Wildman–Crippen MR) is 134 cm³/mol. The zero-order chi connectivity index (χ0) is 28.8. The largest absolute Gasteiger partial charge is 0.434 e. The van der Waals surface area contributed by atoms with Gasteiger partial charge in [-0.05, 0) is 74.1 Å².